The Morgan fingerprint density at radius 3 is 1.81 bits per heavy atom. The summed E-state index contributed by atoms with van der Waals surface area (Å²) in [4.78, 5) is 12.4. The van der Waals surface area contributed by atoms with E-state index in [0.717, 1.165) is 5.69 Å². The molecule has 0 heterocycles. The second-order valence-corrected chi connectivity index (χ2v) is 3.46. The van der Waals surface area contributed by atoms with Gasteiger partial charge in [-0.3, -0.25) is 4.55 Å². The second-order valence-electron chi connectivity index (χ2n) is 2.98. The number of thiol groups is 1. The molecule has 0 atom stereocenters. The Hall–Kier alpha value is -1.60. The van der Waals surface area contributed by atoms with Crippen molar-refractivity contribution >= 4 is 22.6 Å². The van der Waals surface area contributed by atoms with E-state index < -0.39 is 17.0 Å². The van der Waals surface area contributed by atoms with Crippen molar-refractivity contribution in [3.05, 3.63) is 29.8 Å². The molecule has 1 aromatic carbocycles. The van der Waals surface area contributed by atoms with Crippen LogP contribution in [0.5, 0.6) is 0 Å². The van der Waals surface area contributed by atoms with Gasteiger partial charge in [0.1, 0.15) is 0 Å². The van der Waals surface area contributed by atoms with Crippen LogP contribution in [-0.2, 0) is 11.0 Å². The summed E-state index contributed by atoms with van der Waals surface area (Å²) in [5.41, 5.74) is 1.32. The van der Waals surface area contributed by atoms with E-state index in [2.05, 4.69) is 0 Å². The van der Waals surface area contributed by atoms with Crippen molar-refractivity contribution in [1.82, 2.24) is 0 Å². The fourth-order valence-electron chi connectivity index (χ4n) is 0.902. The van der Waals surface area contributed by atoms with E-state index in [0.29, 0.717) is 5.56 Å². The molecule has 1 rings (SSSR count). The Labute approximate surface area is 94.9 Å². The number of carboxylic acids is 1. The average Bonchev–Trinajstić information content (AvgIpc) is 2.17. The van der Waals surface area contributed by atoms with Gasteiger partial charge in [0.15, 0.2) is 0 Å². The topological polar surface area (TPSA) is 94.9 Å². The Morgan fingerprint density at radius 2 is 1.56 bits per heavy atom. The molecule has 0 aromatic heterocycles. The lowest BCUT2D eigenvalue weighted by molar-refractivity contribution is 0.0697. The van der Waals surface area contributed by atoms with Crippen LogP contribution < -0.4 is 4.90 Å². The molecule has 0 aliphatic rings. The molecule has 0 aliphatic carbocycles. The molecule has 16 heavy (non-hydrogen) atoms. The normalized spacial score (nSPS) is 9.25. The second kappa shape index (κ2) is 6.81. The Bertz CT molecular complexity index is 402. The maximum absolute atomic E-state index is 10.5. The van der Waals surface area contributed by atoms with Gasteiger partial charge in [0, 0.05) is 19.8 Å². The van der Waals surface area contributed by atoms with Crippen molar-refractivity contribution in [2.75, 3.05) is 19.0 Å². The van der Waals surface area contributed by atoms with Gasteiger partial charge < -0.3 is 10.0 Å². The van der Waals surface area contributed by atoms with Gasteiger partial charge in [-0.1, -0.05) is 0 Å². The van der Waals surface area contributed by atoms with Gasteiger partial charge in [-0.05, 0) is 24.3 Å². The van der Waals surface area contributed by atoms with Crippen molar-refractivity contribution in [2.45, 2.75) is 0 Å². The zero-order valence-electron chi connectivity index (χ0n) is 8.82. The van der Waals surface area contributed by atoms with Crippen LogP contribution in [0.1, 0.15) is 10.4 Å². The minimum absolute atomic E-state index is 0.320. The van der Waals surface area contributed by atoms with Crippen molar-refractivity contribution in [2.24, 2.45) is 0 Å². The number of benzene rings is 1. The smallest absolute Gasteiger partial charge is 0.335 e. The van der Waals surface area contributed by atoms with Crippen molar-refractivity contribution in [3.63, 3.8) is 0 Å². The van der Waals surface area contributed by atoms with E-state index in [1.165, 1.54) is 0 Å². The van der Waals surface area contributed by atoms with Gasteiger partial charge >= 0.3 is 5.97 Å². The summed E-state index contributed by atoms with van der Waals surface area (Å²) >= 11 is 0. The van der Waals surface area contributed by atoms with Crippen LogP contribution in [0.4, 0.5) is 5.69 Å². The van der Waals surface area contributed by atoms with Crippen LogP contribution >= 0.6 is 0 Å². The lowest BCUT2D eigenvalue weighted by Crippen LogP contribution is -2.08. The predicted molar refractivity (Wildman–Crippen MR) is 60.7 cm³/mol. The van der Waals surface area contributed by atoms with Crippen LogP contribution in [0, 0.1) is 0 Å². The molecule has 90 valence electrons. The maximum atomic E-state index is 10.5. The molecule has 0 aliphatic heterocycles. The van der Waals surface area contributed by atoms with Gasteiger partial charge in [0.2, 0.25) is 0 Å². The van der Waals surface area contributed by atoms with Gasteiger partial charge in [-0.15, -0.1) is 0 Å². The molecule has 0 unspecified atom stereocenters. The molecule has 0 radical (unpaired) electrons. The Morgan fingerprint density at radius 1 is 1.19 bits per heavy atom. The molecule has 0 bridgehead atoms. The van der Waals surface area contributed by atoms with Crippen molar-refractivity contribution in [3.8, 4) is 0 Å². The average molecular weight is 247 g/mol. The van der Waals surface area contributed by atoms with E-state index in [4.69, 9.17) is 18.1 Å². The summed E-state index contributed by atoms with van der Waals surface area (Å²) < 4.78 is 24.2. The third-order valence-electron chi connectivity index (χ3n) is 1.63. The van der Waals surface area contributed by atoms with Gasteiger partial charge in [-0.2, -0.15) is 0 Å². The maximum Gasteiger partial charge on any atom is 0.335 e. The number of rotatable bonds is 2. The third-order valence-corrected chi connectivity index (χ3v) is 1.63. The highest BCUT2D eigenvalue weighted by Crippen LogP contribution is 2.11. The third kappa shape index (κ3) is 5.99. The molecule has 0 spiro atoms. The predicted octanol–water partition coefficient (Wildman–Crippen LogP) is 0.522. The van der Waals surface area contributed by atoms with Crippen LogP contribution in [0.25, 0.3) is 0 Å². The number of hydrogen-bond donors (Lipinski definition) is 3. The zero-order chi connectivity index (χ0) is 12.7. The molecule has 2 N–H and O–H groups in total. The van der Waals surface area contributed by atoms with Crippen LogP contribution in [0.2, 0.25) is 0 Å². The highest BCUT2D eigenvalue weighted by Gasteiger charge is 2.01. The fourth-order valence-corrected chi connectivity index (χ4v) is 0.902. The van der Waals surface area contributed by atoms with Crippen LogP contribution in [-0.4, -0.2) is 38.1 Å². The highest BCUT2D eigenvalue weighted by molar-refractivity contribution is 7.66. The van der Waals surface area contributed by atoms with E-state index in [1.54, 1.807) is 24.3 Å². The number of carbonyl (C=O) groups is 1. The SMILES string of the molecule is CN(C)c1ccc(C(=O)O)cc1.O=[SH](=O)O. The summed E-state index contributed by atoms with van der Waals surface area (Å²) in [7, 11) is 0.705. The molecular weight excluding hydrogens is 234 g/mol. The molecular formula is C9H13NO5S. The van der Waals surface area contributed by atoms with Crippen molar-refractivity contribution < 1.29 is 22.9 Å². The number of nitrogens with zero attached hydrogens (tertiary/aromatic N) is 1. The largest absolute Gasteiger partial charge is 0.478 e. The molecule has 7 heteroatoms. The minimum atomic E-state index is -3.12. The zero-order valence-corrected chi connectivity index (χ0v) is 9.72. The standard InChI is InChI=1S/C9H11NO2.H2O3S/c1-10(2)8-5-3-7(4-6-8)9(11)12;1-4(2)3/h3-6H,1-2H3,(H,11,12);4H,(H,1,2,3). The number of hydrogen-bond acceptors (Lipinski definition) is 4. The summed E-state index contributed by atoms with van der Waals surface area (Å²) in [6, 6.07) is 6.75. The van der Waals surface area contributed by atoms with Crippen LogP contribution in [0.15, 0.2) is 24.3 Å². The van der Waals surface area contributed by atoms with Gasteiger partial charge in [0.25, 0.3) is 11.0 Å². The highest BCUT2D eigenvalue weighted by atomic mass is 32.2. The first-order chi connectivity index (χ1) is 7.34. The van der Waals surface area contributed by atoms with Crippen LogP contribution in [0.3, 0.4) is 0 Å². The van der Waals surface area contributed by atoms with E-state index >= 15 is 0 Å². The minimum Gasteiger partial charge on any atom is -0.478 e. The van der Waals surface area contributed by atoms with E-state index in [-0.39, 0.29) is 0 Å². The first-order valence-corrected chi connectivity index (χ1v) is 5.31. The lowest BCUT2D eigenvalue weighted by Gasteiger charge is -2.11. The molecule has 0 fully saturated rings. The fraction of sp³-hybridized carbons (Fsp3) is 0.222. The lowest BCUT2D eigenvalue weighted by atomic mass is 10.2. The molecule has 1 aromatic rings. The van der Waals surface area contributed by atoms with Gasteiger partial charge in [-0.25, -0.2) is 13.2 Å². The first kappa shape index (κ1) is 14.4. The number of anilines is 1. The number of carboxylic acid groups (broad SMARTS) is 1. The Balaban J connectivity index is 0.000000487. The summed E-state index contributed by atoms with van der Waals surface area (Å²) in [5, 5.41) is 8.60. The summed E-state index contributed by atoms with van der Waals surface area (Å²) in [5.74, 6) is -0.889. The van der Waals surface area contributed by atoms with E-state index in [9.17, 15) is 4.79 Å². The summed E-state index contributed by atoms with van der Waals surface area (Å²) in [6.07, 6.45) is 0. The Kier molecular flexibility index (Phi) is 6.12. The van der Waals surface area contributed by atoms with Gasteiger partial charge in [0.05, 0.1) is 5.56 Å². The monoisotopic (exact) mass is 247 g/mol. The summed E-state index contributed by atoms with van der Waals surface area (Å²) in [6.45, 7) is 0. The first-order valence-electron chi connectivity index (χ1n) is 4.18. The molecule has 6 nitrogen and oxygen atoms in total. The van der Waals surface area contributed by atoms with Crippen molar-refractivity contribution in [1.29, 1.82) is 0 Å². The quantitative estimate of drug-likeness (QED) is 0.521. The number of aromatic carboxylic acids is 1. The molecule has 0 saturated heterocycles. The molecule has 0 amide bonds. The van der Waals surface area contributed by atoms with E-state index in [1.807, 2.05) is 19.0 Å². The molecule has 0 saturated carbocycles.